The van der Waals surface area contributed by atoms with Crippen molar-refractivity contribution in [3.8, 4) is 9.75 Å². The monoisotopic (exact) mass is 366 g/mol. The van der Waals surface area contributed by atoms with E-state index < -0.39 is 11.9 Å². The Morgan fingerprint density at radius 1 is 0.773 bits per heavy atom. The molecule has 0 unspecified atom stereocenters. The van der Waals surface area contributed by atoms with Gasteiger partial charge in [0.2, 0.25) is 0 Å². The van der Waals surface area contributed by atoms with E-state index in [1.165, 1.54) is 45.3 Å². The average molecular weight is 366 g/mol. The van der Waals surface area contributed by atoms with E-state index in [-0.39, 0.29) is 11.1 Å². The van der Waals surface area contributed by atoms with E-state index in [4.69, 9.17) is 0 Å². The lowest BCUT2D eigenvalue weighted by molar-refractivity contribution is 0.0687. The van der Waals surface area contributed by atoms with Gasteiger partial charge in [0.15, 0.2) is 0 Å². The second-order valence-corrected chi connectivity index (χ2v) is 8.39. The number of carboxylic acids is 2. The maximum atomic E-state index is 11.7. The van der Waals surface area contributed by atoms with E-state index in [2.05, 4.69) is 0 Å². The molecule has 2 N–H and O–H groups in total. The Labute approximate surface area is 139 Å². The van der Waals surface area contributed by atoms with Crippen molar-refractivity contribution in [1.29, 1.82) is 0 Å². The zero-order valence-electron chi connectivity index (χ0n) is 10.7. The molecule has 0 saturated carbocycles. The summed E-state index contributed by atoms with van der Waals surface area (Å²) in [5, 5.41) is 22.8. The highest BCUT2D eigenvalue weighted by molar-refractivity contribution is 7.34. The number of hydrogen-bond acceptors (Lipinski definition) is 6. The van der Waals surface area contributed by atoms with Gasteiger partial charge in [-0.1, -0.05) is 0 Å². The largest absolute Gasteiger partial charge is 0.478 e. The third-order valence-corrected chi connectivity index (χ3v) is 7.82. The Morgan fingerprint density at radius 2 is 1.18 bits per heavy atom. The van der Waals surface area contributed by atoms with Gasteiger partial charge in [0, 0.05) is 9.40 Å². The van der Waals surface area contributed by atoms with Crippen LogP contribution in [0.5, 0.6) is 0 Å². The van der Waals surface area contributed by atoms with Gasteiger partial charge in [0.05, 0.1) is 30.3 Å². The maximum Gasteiger partial charge on any atom is 0.338 e. The van der Waals surface area contributed by atoms with Crippen molar-refractivity contribution in [3.63, 3.8) is 0 Å². The Hall–Kier alpha value is -1.74. The van der Waals surface area contributed by atoms with Gasteiger partial charge in [-0.05, 0) is 22.9 Å². The molecule has 0 bridgehead atoms. The van der Waals surface area contributed by atoms with E-state index >= 15 is 0 Å². The third-order valence-electron chi connectivity index (χ3n) is 3.22. The summed E-state index contributed by atoms with van der Waals surface area (Å²) < 4.78 is 3.18. The second kappa shape index (κ2) is 4.88. The van der Waals surface area contributed by atoms with Crippen LogP contribution in [-0.4, -0.2) is 22.2 Å². The molecule has 0 spiro atoms. The predicted octanol–water partition coefficient (Wildman–Crippen LogP) is 5.30. The molecular weight excluding hydrogens is 360 g/mol. The Bertz CT molecular complexity index is 961. The molecule has 0 radical (unpaired) electrons. The molecule has 110 valence electrons. The van der Waals surface area contributed by atoms with Crippen LogP contribution < -0.4 is 0 Å². The fourth-order valence-electron chi connectivity index (χ4n) is 2.36. The Kier molecular flexibility index (Phi) is 3.08. The van der Waals surface area contributed by atoms with Crippen LogP contribution in [0.25, 0.3) is 28.6 Å². The van der Waals surface area contributed by atoms with Crippen LogP contribution in [0.15, 0.2) is 22.9 Å². The summed E-state index contributed by atoms with van der Waals surface area (Å²) in [4.78, 5) is 24.4. The van der Waals surface area contributed by atoms with Crippen molar-refractivity contribution in [2.24, 2.45) is 0 Å². The summed E-state index contributed by atoms with van der Waals surface area (Å²) in [5.41, 5.74) is 0.429. The summed E-state index contributed by atoms with van der Waals surface area (Å²) in [6, 6.07) is 3.74. The molecule has 0 aliphatic rings. The van der Waals surface area contributed by atoms with Gasteiger partial charge in [0.25, 0.3) is 0 Å². The lowest BCUT2D eigenvalue weighted by Crippen LogP contribution is -1.99. The molecule has 4 nitrogen and oxygen atoms in total. The van der Waals surface area contributed by atoms with Crippen molar-refractivity contribution >= 4 is 76.1 Å². The van der Waals surface area contributed by atoms with Crippen molar-refractivity contribution in [2.45, 2.75) is 0 Å². The van der Waals surface area contributed by atoms with Gasteiger partial charge in [-0.15, -0.1) is 45.3 Å². The molecule has 8 heteroatoms. The van der Waals surface area contributed by atoms with Crippen LogP contribution in [0.3, 0.4) is 0 Å². The van der Waals surface area contributed by atoms with Gasteiger partial charge in [-0.3, -0.25) is 0 Å². The number of fused-ring (bicyclic) bond motifs is 2. The van der Waals surface area contributed by atoms with E-state index in [9.17, 15) is 19.8 Å². The second-order valence-electron chi connectivity index (χ2n) is 4.45. The first-order chi connectivity index (χ1) is 10.6. The molecule has 0 aromatic carbocycles. The maximum absolute atomic E-state index is 11.7. The highest BCUT2D eigenvalue weighted by atomic mass is 32.1. The molecule has 0 saturated heterocycles. The molecule has 4 aromatic rings. The molecule has 0 amide bonds. The molecule has 0 aliphatic carbocycles. The van der Waals surface area contributed by atoms with Crippen LogP contribution in [-0.2, 0) is 0 Å². The Morgan fingerprint density at radius 3 is 1.55 bits per heavy atom. The van der Waals surface area contributed by atoms with Crippen LogP contribution in [0, 0.1) is 0 Å². The number of rotatable bonds is 3. The highest BCUT2D eigenvalue weighted by Gasteiger charge is 2.27. The molecule has 22 heavy (non-hydrogen) atoms. The van der Waals surface area contributed by atoms with Gasteiger partial charge >= 0.3 is 11.9 Å². The van der Waals surface area contributed by atoms with Crippen molar-refractivity contribution in [3.05, 3.63) is 34.0 Å². The SMILES string of the molecule is O=C(O)c1c(-c2sc3ccsc3c2C(=O)O)sc2ccsc12. The van der Waals surface area contributed by atoms with E-state index in [0.717, 1.165) is 9.40 Å². The third kappa shape index (κ3) is 1.85. The van der Waals surface area contributed by atoms with Gasteiger partial charge in [-0.2, -0.15) is 0 Å². The smallest absolute Gasteiger partial charge is 0.338 e. The summed E-state index contributed by atoms with van der Waals surface area (Å²) in [7, 11) is 0. The first kappa shape index (κ1) is 13.9. The van der Waals surface area contributed by atoms with Crippen LogP contribution in [0.2, 0.25) is 0 Å². The first-order valence-electron chi connectivity index (χ1n) is 6.05. The minimum atomic E-state index is -1.02. The predicted molar refractivity (Wildman–Crippen MR) is 92.3 cm³/mol. The number of carbonyl (C=O) groups is 2. The van der Waals surface area contributed by atoms with E-state index in [0.29, 0.717) is 19.2 Å². The lowest BCUT2D eigenvalue weighted by Gasteiger charge is -1.99. The van der Waals surface area contributed by atoms with Gasteiger partial charge < -0.3 is 10.2 Å². The molecule has 4 rings (SSSR count). The Balaban J connectivity index is 2.11. The molecule has 0 atom stereocenters. The first-order valence-corrected chi connectivity index (χ1v) is 9.44. The summed E-state index contributed by atoms with van der Waals surface area (Å²) >= 11 is 5.43. The number of hydrogen-bond donors (Lipinski definition) is 2. The molecule has 0 aliphatic heterocycles. The van der Waals surface area contributed by atoms with Gasteiger partial charge in [0.1, 0.15) is 0 Å². The minimum Gasteiger partial charge on any atom is -0.478 e. The number of thiophene rings is 4. The van der Waals surface area contributed by atoms with Crippen LogP contribution in [0.4, 0.5) is 0 Å². The minimum absolute atomic E-state index is 0.214. The van der Waals surface area contributed by atoms with Gasteiger partial charge in [-0.25, -0.2) is 9.59 Å². The lowest BCUT2D eigenvalue weighted by atomic mass is 10.1. The van der Waals surface area contributed by atoms with E-state index in [1.54, 1.807) is 0 Å². The summed E-state index contributed by atoms with van der Waals surface area (Å²) in [6.45, 7) is 0. The average Bonchev–Trinajstić information content (AvgIpc) is 3.15. The highest BCUT2D eigenvalue weighted by Crippen LogP contribution is 2.48. The summed E-state index contributed by atoms with van der Waals surface area (Å²) in [6.07, 6.45) is 0. The van der Waals surface area contributed by atoms with Crippen LogP contribution in [0.1, 0.15) is 20.7 Å². The fourth-order valence-corrected chi connectivity index (χ4v) is 7.18. The molecule has 4 heterocycles. The molecule has 4 aromatic heterocycles. The standard InChI is InChI=1S/C14H6O4S4/c15-13(16)7-9-5(1-3-19-9)21-11(7)12-8(14(17)18)10-6(22-12)2-4-20-10/h1-4H,(H,15,16)(H,17,18). The number of carboxylic acid groups (broad SMARTS) is 2. The topological polar surface area (TPSA) is 74.6 Å². The normalized spacial score (nSPS) is 11.5. The molecular formula is C14H6O4S4. The fraction of sp³-hybridized carbons (Fsp3) is 0. The zero-order chi connectivity index (χ0) is 15.4. The van der Waals surface area contributed by atoms with Crippen molar-refractivity contribution in [1.82, 2.24) is 0 Å². The quantitative estimate of drug-likeness (QED) is 0.516. The zero-order valence-corrected chi connectivity index (χ0v) is 13.9. The van der Waals surface area contributed by atoms with Crippen LogP contribution >= 0.6 is 45.3 Å². The van der Waals surface area contributed by atoms with Crippen molar-refractivity contribution in [2.75, 3.05) is 0 Å². The van der Waals surface area contributed by atoms with E-state index in [1.807, 2.05) is 22.9 Å². The molecule has 0 fully saturated rings. The van der Waals surface area contributed by atoms with Crippen molar-refractivity contribution < 1.29 is 19.8 Å². The number of aromatic carboxylic acids is 2. The summed E-state index contributed by atoms with van der Waals surface area (Å²) in [5.74, 6) is -2.03.